The van der Waals surface area contributed by atoms with Gasteiger partial charge in [0.2, 0.25) is 0 Å². The second-order valence-electron chi connectivity index (χ2n) is 5.60. The first kappa shape index (κ1) is 19.3. The minimum absolute atomic E-state index is 0.171. The van der Waals surface area contributed by atoms with Crippen molar-refractivity contribution in [3.8, 4) is 5.75 Å². The second kappa shape index (κ2) is 8.51. The van der Waals surface area contributed by atoms with Gasteiger partial charge in [-0.15, -0.1) is 0 Å². The molecule has 0 spiro atoms. The molecule has 1 aliphatic heterocycles. The lowest BCUT2D eigenvalue weighted by Gasteiger charge is -2.17. The van der Waals surface area contributed by atoms with E-state index in [4.69, 9.17) is 22.2 Å². The number of quaternary nitrogens is 1. The van der Waals surface area contributed by atoms with Crippen LogP contribution in [0.5, 0.6) is 5.75 Å². The van der Waals surface area contributed by atoms with E-state index in [0.717, 1.165) is 11.3 Å². The lowest BCUT2D eigenvalue weighted by Crippen LogP contribution is -2.99. The quantitative estimate of drug-likeness (QED) is 0.388. The van der Waals surface area contributed by atoms with E-state index in [1.54, 1.807) is 25.3 Å². The van der Waals surface area contributed by atoms with Gasteiger partial charge in [0.05, 0.1) is 18.7 Å². The number of thioether (sulfide) groups is 1. The Kier molecular flexibility index (Phi) is 6.09. The van der Waals surface area contributed by atoms with Gasteiger partial charge in [0.1, 0.15) is 10.1 Å². The van der Waals surface area contributed by atoms with E-state index in [1.165, 1.54) is 28.8 Å². The molecule has 3 rings (SSSR count). The largest absolute Gasteiger partial charge is 0.595 e. The Hall–Kier alpha value is -2.43. The predicted octanol–water partition coefficient (Wildman–Crippen LogP) is 2.37. The fourth-order valence-electron chi connectivity index (χ4n) is 2.39. The number of thiocarbonyl (C=S) groups is 1. The fourth-order valence-corrected chi connectivity index (χ4v) is 3.64. The topological polar surface area (TPSA) is 89.3 Å². The van der Waals surface area contributed by atoms with Gasteiger partial charge in [-0.25, -0.2) is 5.21 Å². The number of anilines is 1. The average Bonchev–Trinajstić information content (AvgIpc) is 2.94. The SMILES string of the molecule is COc1ccc(C=C2SC(=S)N(CNc3ccc([NH+]([O-])O)cc3)C2=O)cc1. The molecule has 1 amide bonds. The summed E-state index contributed by atoms with van der Waals surface area (Å²) >= 11 is 6.56. The molecule has 1 heterocycles. The first-order chi connectivity index (χ1) is 13.0. The Balaban J connectivity index is 1.65. The lowest BCUT2D eigenvalue weighted by atomic mass is 10.2. The minimum Gasteiger partial charge on any atom is -0.595 e. The maximum Gasteiger partial charge on any atom is 0.267 e. The monoisotopic (exact) mass is 403 g/mol. The van der Waals surface area contributed by atoms with Crippen molar-refractivity contribution < 1.29 is 20.0 Å². The van der Waals surface area contributed by atoms with Gasteiger partial charge in [0.25, 0.3) is 5.91 Å². The van der Waals surface area contributed by atoms with Gasteiger partial charge in [-0.2, -0.15) is 5.23 Å². The third-order valence-electron chi connectivity index (χ3n) is 3.86. The van der Waals surface area contributed by atoms with Crippen molar-refractivity contribution in [2.45, 2.75) is 0 Å². The van der Waals surface area contributed by atoms with Crippen molar-refractivity contribution in [2.75, 3.05) is 19.1 Å². The van der Waals surface area contributed by atoms with E-state index in [9.17, 15) is 10.0 Å². The van der Waals surface area contributed by atoms with E-state index in [0.29, 0.717) is 14.9 Å². The van der Waals surface area contributed by atoms with Crippen LogP contribution in [0.3, 0.4) is 0 Å². The van der Waals surface area contributed by atoms with Gasteiger partial charge in [-0.3, -0.25) is 9.69 Å². The zero-order valence-electron chi connectivity index (χ0n) is 14.3. The van der Waals surface area contributed by atoms with Gasteiger partial charge < -0.3 is 15.3 Å². The molecule has 27 heavy (non-hydrogen) atoms. The fraction of sp³-hybridized carbons (Fsp3) is 0.111. The summed E-state index contributed by atoms with van der Waals surface area (Å²) in [6.07, 6.45) is 1.79. The molecule has 1 atom stereocenters. The first-order valence-electron chi connectivity index (χ1n) is 7.94. The third kappa shape index (κ3) is 4.65. The highest BCUT2D eigenvalue weighted by Crippen LogP contribution is 2.32. The number of nitrogens with one attached hydrogen (secondary N) is 2. The normalized spacial score (nSPS) is 16.7. The molecule has 1 saturated heterocycles. The Morgan fingerprint density at radius 2 is 1.93 bits per heavy atom. The molecule has 0 aromatic heterocycles. The van der Waals surface area contributed by atoms with E-state index in [1.807, 2.05) is 24.3 Å². The molecule has 1 fully saturated rings. The molecule has 1 unspecified atom stereocenters. The number of hydrogen-bond acceptors (Lipinski definition) is 7. The molecule has 0 radical (unpaired) electrons. The molecular weight excluding hydrogens is 386 g/mol. The number of rotatable bonds is 6. The van der Waals surface area contributed by atoms with Crippen LogP contribution >= 0.6 is 24.0 Å². The van der Waals surface area contributed by atoms with Crippen molar-refractivity contribution in [1.29, 1.82) is 0 Å². The summed E-state index contributed by atoms with van der Waals surface area (Å²) in [6.45, 7) is 0.205. The Labute approximate surface area is 165 Å². The van der Waals surface area contributed by atoms with Gasteiger partial charge >= 0.3 is 0 Å². The molecule has 0 saturated carbocycles. The van der Waals surface area contributed by atoms with Crippen molar-refractivity contribution in [1.82, 2.24) is 4.90 Å². The second-order valence-corrected chi connectivity index (χ2v) is 7.28. The van der Waals surface area contributed by atoms with Gasteiger partial charge in [-0.05, 0) is 35.9 Å². The smallest absolute Gasteiger partial charge is 0.267 e. The number of carbonyl (C=O) groups is 1. The van der Waals surface area contributed by atoms with Crippen molar-refractivity contribution in [2.24, 2.45) is 0 Å². The summed E-state index contributed by atoms with van der Waals surface area (Å²) in [5, 5.41) is 21.9. The van der Waals surface area contributed by atoms with Crippen LogP contribution in [0.4, 0.5) is 11.4 Å². The van der Waals surface area contributed by atoms with Crippen LogP contribution < -0.4 is 15.3 Å². The highest BCUT2D eigenvalue weighted by Gasteiger charge is 2.31. The van der Waals surface area contributed by atoms with Crippen LogP contribution in [-0.4, -0.2) is 34.1 Å². The maximum absolute atomic E-state index is 12.6. The number of hydrogen-bond donors (Lipinski definition) is 3. The van der Waals surface area contributed by atoms with Crippen LogP contribution in [0.1, 0.15) is 5.56 Å². The number of methoxy groups -OCH3 is 1. The lowest BCUT2D eigenvalue weighted by molar-refractivity contribution is -0.991. The van der Waals surface area contributed by atoms with Gasteiger partial charge in [0, 0.05) is 17.8 Å². The predicted molar refractivity (Wildman–Crippen MR) is 109 cm³/mol. The summed E-state index contributed by atoms with van der Waals surface area (Å²) < 4.78 is 5.59. The minimum atomic E-state index is -0.984. The summed E-state index contributed by atoms with van der Waals surface area (Å²) in [5.41, 5.74) is 1.79. The van der Waals surface area contributed by atoms with Crippen LogP contribution in [0.25, 0.3) is 6.08 Å². The Bertz CT molecular complexity index is 867. The average molecular weight is 403 g/mol. The van der Waals surface area contributed by atoms with E-state index < -0.39 is 5.23 Å². The molecule has 1 aliphatic rings. The summed E-state index contributed by atoms with van der Waals surface area (Å²) in [4.78, 5) is 14.6. The molecule has 9 heteroatoms. The summed E-state index contributed by atoms with van der Waals surface area (Å²) in [7, 11) is 1.60. The molecule has 0 aliphatic carbocycles. The maximum atomic E-state index is 12.6. The molecule has 3 N–H and O–H groups in total. The van der Waals surface area contributed by atoms with Gasteiger partial charge in [-0.1, -0.05) is 36.1 Å². The number of nitrogens with zero attached hydrogens (tertiary/aromatic N) is 1. The molecule has 2 aromatic rings. The first-order valence-corrected chi connectivity index (χ1v) is 9.17. The number of benzene rings is 2. The molecule has 7 nitrogen and oxygen atoms in total. The zero-order chi connectivity index (χ0) is 19.4. The summed E-state index contributed by atoms with van der Waals surface area (Å²) in [6, 6.07) is 13.7. The van der Waals surface area contributed by atoms with Crippen molar-refractivity contribution in [3.05, 3.63) is 64.2 Å². The third-order valence-corrected chi connectivity index (χ3v) is 5.24. The molecule has 140 valence electrons. The van der Waals surface area contributed by atoms with Crippen LogP contribution in [-0.2, 0) is 4.79 Å². The van der Waals surface area contributed by atoms with Crippen molar-refractivity contribution in [3.63, 3.8) is 0 Å². The zero-order valence-corrected chi connectivity index (χ0v) is 16.0. The van der Waals surface area contributed by atoms with E-state index in [-0.39, 0.29) is 18.3 Å². The standard InChI is InChI=1S/C18H17N3O4S2/c1-25-15-8-2-12(3-9-15)10-16-17(22)20(18(26)27-16)11-19-13-4-6-14(7-5-13)21(23)24/h2-10,19,21,23H,11H2,1H3. The number of carbonyl (C=O) groups excluding carboxylic acids is 1. The number of ether oxygens (including phenoxy) is 1. The van der Waals surface area contributed by atoms with Crippen LogP contribution in [0.2, 0.25) is 0 Å². The highest BCUT2D eigenvalue weighted by molar-refractivity contribution is 8.26. The number of amides is 1. The molecular formula is C18H17N3O4S2. The molecule has 2 aromatic carbocycles. The highest BCUT2D eigenvalue weighted by atomic mass is 32.2. The van der Waals surface area contributed by atoms with Crippen LogP contribution in [0, 0.1) is 5.21 Å². The van der Waals surface area contributed by atoms with Crippen molar-refractivity contribution >= 4 is 51.7 Å². The Morgan fingerprint density at radius 1 is 1.26 bits per heavy atom. The van der Waals surface area contributed by atoms with Gasteiger partial charge in [0.15, 0.2) is 5.69 Å². The van der Waals surface area contributed by atoms with Crippen LogP contribution in [0.15, 0.2) is 53.4 Å². The summed E-state index contributed by atoms with van der Waals surface area (Å²) in [5.74, 6) is 0.577. The molecule has 0 bridgehead atoms. The van der Waals surface area contributed by atoms with E-state index >= 15 is 0 Å². The Morgan fingerprint density at radius 3 is 2.52 bits per heavy atom. The van der Waals surface area contributed by atoms with E-state index in [2.05, 4.69) is 5.32 Å².